The Hall–Kier alpha value is -3.48. The highest BCUT2D eigenvalue weighted by Gasteiger charge is 2.18. The fourth-order valence-corrected chi connectivity index (χ4v) is 3.96. The molecule has 4 rings (SSSR count). The molecule has 1 aromatic heterocycles. The second kappa shape index (κ2) is 10.9. The minimum Gasteiger partial charge on any atom is -0.395 e. The number of benzene rings is 3. The lowest BCUT2D eigenvalue weighted by atomic mass is 10.0. The van der Waals surface area contributed by atoms with Gasteiger partial charge in [-0.25, -0.2) is 4.68 Å². The SMILES string of the molecule is CCc1ccc(-c2nn(-c3ccccc3)cc2CN(CCO)C(=S)Nc2ccccc2)cc1. The van der Waals surface area contributed by atoms with E-state index in [9.17, 15) is 5.11 Å². The number of aryl methyl sites for hydroxylation is 1. The van der Waals surface area contributed by atoms with E-state index in [0.29, 0.717) is 18.2 Å². The van der Waals surface area contributed by atoms with E-state index in [4.69, 9.17) is 17.3 Å². The van der Waals surface area contributed by atoms with Gasteiger partial charge in [-0.1, -0.05) is 67.6 Å². The summed E-state index contributed by atoms with van der Waals surface area (Å²) in [4.78, 5) is 1.97. The third-order valence-electron chi connectivity index (χ3n) is 5.49. The van der Waals surface area contributed by atoms with Crippen molar-refractivity contribution in [2.45, 2.75) is 19.9 Å². The number of hydrogen-bond acceptors (Lipinski definition) is 3. The number of hydrogen-bond donors (Lipinski definition) is 2. The molecular weight excluding hydrogens is 428 g/mol. The van der Waals surface area contributed by atoms with Gasteiger partial charge < -0.3 is 15.3 Å². The van der Waals surface area contributed by atoms with Crippen molar-refractivity contribution in [3.05, 3.63) is 102 Å². The van der Waals surface area contributed by atoms with E-state index < -0.39 is 0 Å². The summed E-state index contributed by atoms with van der Waals surface area (Å²) < 4.78 is 1.91. The van der Waals surface area contributed by atoms with Crippen LogP contribution in [0.5, 0.6) is 0 Å². The van der Waals surface area contributed by atoms with Crippen LogP contribution in [0, 0.1) is 0 Å². The molecule has 0 radical (unpaired) electrons. The molecule has 0 aliphatic carbocycles. The van der Waals surface area contributed by atoms with Gasteiger partial charge in [0.1, 0.15) is 0 Å². The molecule has 0 saturated carbocycles. The van der Waals surface area contributed by atoms with Crippen LogP contribution in [-0.2, 0) is 13.0 Å². The standard InChI is InChI=1S/C27H28N4OS/c1-2-21-13-15-22(16-14-21)26-23(20-31(29-26)25-11-7-4-8-12-25)19-30(17-18-32)27(33)28-24-9-5-3-6-10-24/h3-16,20,32H,2,17-19H2,1H3,(H,28,33). The average molecular weight is 457 g/mol. The van der Waals surface area contributed by atoms with Crippen LogP contribution in [0.1, 0.15) is 18.1 Å². The summed E-state index contributed by atoms with van der Waals surface area (Å²) in [6.45, 7) is 3.10. The number of para-hydroxylation sites is 2. The zero-order valence-electron chi connectivity index (χ0n) is 18.7. The van der Waals surface area contributed by atoms with Crippen molar-refractivity contribution in [1.29, 1.82) is 0 Å². The number of aliphatic hydroxyl groups is 1. The second-order valence-electron chi connectivity index (χ2n) is 7.77. The maximum atomic E-state index is 9.71. The molecule has 0 saturated heterocycles. The first-order valence-electron chi connectivity index (χ1n) is 11.1. The topological polar surface area (TPSA) is 53.3 Å². The molecular formula is C27H28N4OS. The minimum absolute atomic E-state index is 0.00393. The fraction of sp³-hybridized carbons (Fsp3) is 0.185. The van der Waals surface area contributed by atoms with Crippen LogP contribution >= 0.6 is 12.2 Å². The van der Waals surface area contributed by atoms with Crippen molar-refractivity contribution in [1.82, 2.24) is 14.7 Å². The average Bonchev–Trinajstić information content (AvgIpc) is 3.29. The van der Waals surface area contributed by atoms with Crippen LogP contribution in [-0.4, -0.2) is 38.1 Å². The first-order valence-corrected chi connectivity index (χ1v) is 11.5. The van der Waals surface area contributed by atoms with Gasteiger partial charge in [-0.3, -0.25) is 0 Å². The number of aliphatic hydroxyl groups excluding tert-OH is 1. The van der Waals surface area contributed by atoms with E-state index in [1.165, 1.54) is 5.56 Å². The molecule has 0 bridgehead atoms. The van der Waals surface area contributed by atoms with Crippen LogP contribution in [0.15, 0.2) is 91.1 Å². The molecule has 3 aromatic carbocycles. The summed E-state index contributed by atoms with van der Waals surface area (Å²) >= 11 is 5.69. The summed E-state index contributed by atoms with van der Waals surface area (Å²) in [5.74, 6) is 0. The lowest BCUT2D eigenvalue weighted by Crippen LogP contribution is -2.36. The van der Waals surface area contributed by atoms with Crippen molar-refractivity contribution in [3.8, 4) is 16.9 Å². The monoisotopic (exact) mass is 456 g/mol. The van der Waals surface area contributed by atoms with Gasteiger partial charge >= 0.3 is 0 Å². The smallest absolute Gasteiger partial charge is 0.173 e. The van der Waals surface area contributed by atoms with Crippen molar-refractivity contribution in [2.75, 3.05) is 18.5 Å². The Balaban J connectivity index is 1.67. The minimum atomic E-state index is 0.00393. The maximum Gasteiger partial charge on any atom is 0.173 e. The summed E-state index contributed by atoms with van der Waals surface area (Å²) in [5, 5.41) is 18.5. The zero-order valence-corrected chi connectivity index (χ0v) is 19.5. The number of thiocarbonyl (C=S) groups is 1. The number of rotatable bonds is 8. The first-order chi connectivity index (χ1) is 16.2. The summed E-state index contributed by atoms with van der Waals surface area (Å²) in [7, 11) is 0. The van der Waals surface area contributed by atoms with Crippen LogP contribution in [0.4, 0.5) is 5.69 Å². The number of nitrogens with zero attached hydrogens (tertiary/aromatic N) is 3. The molecule has 1 heterocycles. The third-order valence-corrected chi connectivity index (χ3v) is 5.85. The van der Waals surface area contributed by atoms with E-state index in [1.807, 2.05) is 76.4 Å². The lowest BCUT2D eigenvalue weighted by molar-refractivity contribution is 0.248. The van der Waals surface area contributed by atoms with Gasteiger partial charge in [0, 0.05) is 36.1 Å². The number of nitrogens with one attached hydrogen (secondary N) is 1. The van der Waals surface area contributed by atoms with Crippen LogP contribution in [0.3, 0.4) is 0 Å². The predicted molar refractivity (Wildman–Crippen MR) is 139 cm³/mol. The molecule has 0 aliphatic rings. The molecule has 0 aliphatic heterocycles. The predicted octanol–water partition coefficient (Wildman–Crippen LogP) is 5.29. The molecule has 6 heteroatoms. The van der Waals surface area contributed by atoms with Crippen LogP contribution in [0.2, 0.25) is 0 Å². The van der Waals surface area contributed by atoms with Crippen LogP contribution in [0.25, 0.3) is 16.9 Å². The highest BCUT2D eigenvalue weighted by atomic mass is 32.1. The Morgan fingerprint density at radius 2 is 1.64 bits per heavy atom. The maximum absolute atomic E-state index is 9.71. The third kappa shape index (κ3) is 5.66. The second-order valence-corrected chi connectivity index (χ2v) is 8.16. The molecule has 33 heavy (non-hydrogen) atoms. The van der Waals surface area contributed by atoms with E-state index in [2.05, 4.69) is 36.5 Å². The Kier molecular flexibility index (Phi) is 7.50. The van der Waals surface area contributed by atoms with Gasteiger partial charge in [0.2, 0.25) is 0 Å². The Morgan fingerprint density at radius 1 is 0.970 bits per heavy atom. The number of aromatic nitrogens is 2. The van der Waals surface area contributed by atoms with Crippen molar-refractivity contribution in [3.63, 3.8) is 0 Å². The summed E-state index contributed by atoms with van der Waals surface area (Å²) in [6, 6.07) is 28.4. The van der Waals surface area contributed by atoms with E-state index in [1.54, 1.807) is 0 Å². The fourth-order valence-electron chi connectivity index (χ4n) is 3.68. The van der Waals surface area contributed by atoms with Gasteiger partial charge in [-0.2, -0.15) is 5.10 Å². The van der Waals surface area contributed by atoms with Gasteiger partial charge in [-0.15, -0.1) is 0 Å². The zero-order chi connectivity index (χ0) is 23.0. The molecule has 0 atom stereocenters. The van der Waals surface area contributed by atoms with Crippen molar-refractivity contribution < 1.29 is 5.11 Å². The summed E-state index contributed by atoms with van der Waals surface area (Å²) in [6.07, 6.45) is 3.04. The molecule has 4 aromatic rings. The largest absolute Gasteiger partial charge is 0.395 e. The quantitative estimate of drug-likeness (QED) is 0.353. The molecule has 5 nitrogen and oxygen atoms in total. The molecule has 0 unspecified atom stereocenters. The van der Waals surface area contributed by atoms with Crippen molar-refractivity contribution >= 4 is 23.0 Å². The van der Waals surface area contributed by atoms with E-state index in [0.717, 1.165) is 34.6 Å². The van der Waals surface area contributed by atoms with Gasteiger partial charge in [0.25, 0.3) is 0 Å². The van der Waals surface area contributed by atoms with Gasteiger partial charge in [0.05, 0.1) is 18.0 Å². The van der Waals surface area contributed by atoms with Gasteiger partial charge in [-0.05, 0) is 48.5 Å². The van der Waals surface area contributed by atoms with Crippen LogP contribution < -0.4 is 5.32 Å². The van der Waals surface area contributed by atoms with E-state index in [-0.39, 0.29) is 6.61 Å². The molecule has 0 fully saturated rings. The molecule has 2 N–H and O–H groups in total. The lowest BCUT2D eigenvalue weighted by Gasteiger charge is -2.25. The normalized spacial score (nSPS) is 10.7. The molecule has 0 amide bonds. The Morgan fingerprint density at radius 3 is 2.27 bits per heavy atom. The number of anilines is 1. The Bertz CT molecular complexity index is 1170. The first kappa shape index (κ1) is 22.7. The molecule has 168 valence electrons. The Labute approximate surface area is 200 Å². The highest BCUT2D eigenvalue weighted by molar-refractivity contribution is 7.80. The van der Waals surface area contributed by atoms with Crippen molar-refractivity contribution in [2.24, 2.45) is 0 Å². The molecule has 0 spiro atoms. The van der Waals surface area contributed by atoms with Gasteiger partial charge in [0.15, 0.2) is 5.11 Å². The van der Waals surface area contributed by atoms with E-state index >= 15 is 0 Å². The summed E-state index contributed by atoms with van der Waals surface area (Å²) in [5.41, 5.74) is 6.20. The highest BCUT2D eigenvalue weighted by Crippen LogP contribution is 2.26.